The summed E-state index contributed by atoms with van der Waals surface area (Å²) in [6, 6.07) is 9.46. The first-order valence-electron chi connectivity index (χ1n) is 11.7. The third-order valence-corrected chi connectivity index (χ3v) is 7.34. The second-order valence-electron chi connectivity index (χ2n) is 8.53. The number of aliphatic imine (C=N–C) groups is 1. The largest absolute Gasteiger partial charge is 0.492 e. The number of guanidine groups is 1. The SMILES string of the molecule is CCNC(=NCc1cccc(OCCN(C)C2CCOCC2)c1)NC1CCC(SC)C1.I. The molecule has 3 rings (SSSR count). The van der Waals surface area contributed by atoms with E-state index in [4.69, 9.17) is 14.5 Å². The van der Waals surface area contributed by atoms with E-state index in [-0.39, 0.29) is 24.0 Å². The van der Waals surface area contributed by atoms with Crippen LogP contribution in [0.1, 0.15) is 44.6 Å². The standard InChI is InChI=1S/C24H40N4O2S.HI/c1-4-25-24(27-20-8-9-23(17-20)31-3)26-18-19-6-5-7-22(16-19)30-15-12-28(2)21-10-13-29-14-11-21;/h5-7,16,20-21,23H,4,8-15,17-18H2,1-3H3,(H2,25,26,27);1H. The highest BCUT2D eigenvalue weighted by Gasteiger charge is 2.24. The van der Waals surface area contributed by atoms with E-state index in [0.717, 1.165) is 56.1 Å². The van der Waals surface area contributed by atoms with Gasteiger partial charge in [-0.25, -0.2) is 4.99 Å². The first-order valence-corrected chi connectivity index (χ1v) is 13.0. The zero-order valence-corrected chi connectivity index (χ0v) is 23.0. The van der Waals surface area contributed by atoms with Crippen LogP contribution >= 0.6 is 35.7 Å². The van der Waals surface area contributed by atoms with Crippen LogP contribution in [0, 0.1) is 0 Å². The van der Waals surface area contributed by atoms with E-state index >= 15 is 0 Å². The van der Waals surface area contributed by atoms with Gasteiger partial charge in [0.1, 0.15) is 12.4 Å². The average Bonchev–Trinajstić information content (AvgIpc) is 3.26. The minimum atomic E-state index is 0. The lowest BCUT2D eigenvalue weighted by molar-refractivity contribution is 0.0392. The molecular weight excluding hydrogens is 535 g/mol. The summed E-state index contributed by atoms with van der Waals surface area (Å²) < 4.78 is 11.5. The summed E-state index contributed by atoms with van der Waals surface area (Å²) in [4.78, 5) is 7.22. The number of halogens is 1. The van der Waals surface area contributed by atoms with Crippen molar-refractivity contribution >= 4 is 41.7 Å². The first kappa shape index (κ1) is 27.5. The van der Waals surface area contributed by atoms with Gasteiger partial charge in [-0.3, -0.25) is 4.90 Å². The molecule has 0 spiro atoms. The Balaban J connectivity index is 0.00000363. The van der Waals surface area contributed by atoms with Crippen molar-refractivity contribution in [2.24, 2.45) is 4.99 Å². The molecular formula is C24H41IN4O2S. The van der Waals surface area contributed by atoms with E-state index < -0.39 is 0 Å². The second-order valence-corrected chi connectivity index (χ2v) is 9.67. The Morgan fingerprint density at radius 3 is 2.78 bits per heavy atom. The highest BCUT2D eigenvalue weighted by Crippen LogP contribution is 2.28. The molecule has 1 heterocycles. The van der Waals surface area contributed by atoms with Gasteiger partial charge < -0.3 is 20.1 Å². The van der Waals surface area contributed by atoms with Gasteiger partial charge >= 0.3 is 0 Å². The number of hydrogen-bond acceptors (Lipinski definition) is 5. The van der Waals surface area contributed by atoms with Crippen LogP contribution in [0.4, 0.5) is 0 Å². The van der Waals surface area contributed by atoms with Crippen LogP contribution in [0.15, 0.2) is 29.3 Å². The Bertz CT molecular complexity index is 688. The van der Waals surface area contributed by atoms with Gasteiger partial charge in [0, 0.05) is 43.6 Å². The van der Waals surface area contributed by atoms with Crippen molar-refractivity contribution in [1.82, 2.24) is 15.5 Å². The lowest BCUT2D eigenvalue weighted by atomic mass is 10.1. The topological polar surface area (TPSA) is 58.1 Å². The number of benzene rings is 1. The van der Waals surface area contributed by atoms with Crippen molar-refractivity contribution in [3.05, 3.63) is 29.8 Å². The Hall–Kier alpha value is -0.710. The molecule has 0 bridgehead atoms. The average molecular weight is 577 g/mol. The third kappa shape index (κ3) is 9.27. The molecule has 32 heavy (non-hydrogen) atoms. The summed E-state index contributed by atoms with van der Waals surface area (Å²) in [5, 5.41) is 7.79. The molecule has 182 valence electrons. The van der Waals surface area contributed by atoms with Gasteiger partial charge in [-0.2, -0.15) is 11.8 Å². The molecule has 0 radical (unpaired) electrons. The fourth-order valence-corrected chi connectivity index (χ4v) is 5.12. The zero-order valence-electron chi connectivity index (χ0n) is 19.8. The fourth-order valence-electron chi connectivity index (χ4n) is 4.32. The molecule has 2 N–H and O–H groups in total. The third-order valence-electron chi connectivity index (χ3n) is 6.25. The van der Waals surface area contributed by atoms with Gasteiger partial charge in [0.25, 0.3) is 0 Å². The summed E-state index contributed by atoms with van der Waals surface area (Å²) >= 11 is 1.98. The van der Waals surface area contributed by atoms with Crippen molar-refractivity contribution in [3.8, 4) is 5.75 Å². The molecule has 2 unspecified atom stereocenters. The molecule has 1 aromatic rings. The van der Waals surface area contributed by atoms with Gasteiger partial charge in [0.05, 0.1) is 6.54 Å². The number of rotatable bonds is 10. The second kappa shape index (κ2) is 15.2. The number of hydrogen-bond donors (Lipinski definition) is 2. The first-order chi connectivity index (χ1) is 15.2. The maximum Gasteiger partial charge on any atom is 0.191 e. The molecule has 1 saturated heterocycles. The molecule has 1 saturated carbocycles. The Labute approximate surface area is 215 Å². The Morgan fingerprint density at radius 2 is 2.06 bits per heavy atom. The number of nitrogens with one attached hydrogen (secondary N) is 2. The molecule has 8 heteroatoms. The van der Waals surface area contributed by atoms with E-state index in [1.807, 2.05) is 17.8 Å². The van der Waals surface area contributed by atoms with Crippen molar-refractivity contribution in [2.45, 2.75) is 62.9 Å². The molecule has 2 atom stereocenters. The molecule has 1 aliphatic heterocycles. The van der Waals surface area contributed by atoms with Gasteiger partial charge in [-0.1, -0.05) is 12.1 Å². The Morgan fingerprint density at radius 1 is 1.25 bits per heavy atom. The van der Waals surface area contributed by atoms with Crippen molar-refractivity contribution < 1.29 is 9.47 Å². The highest BCUT2D eigenvalue weighted by atomic mass is 127. The maximum absolute atomic E-state index is 6.04. The zero-order chi connectivity index (χ0) is 21.9. The van der Waals surface area contributed by atoms with Crippen LogP contribution in [-0.4, -0.2) is 74.4 Å². The van der Waals surface area contributed by atoms with Gasteiger partial charge in [0.2, 0.25) is 0 Å². The predicted octanol–water partition coefficient (Wildman–Crippen LogP) is 4.13. The maximum atomic E-state index is 6.04. The molecule has 0 amide bonds. The summed E-state index contributed by atoms with van der Waals surface area (Å²) in [6.07, 6.45) is 8.18. The summed E-state index contributed by atoms with van der Waals surface area (Å²) in [5.74, 6) is 1.84. The van der Waals surface area contributed by atoms with Crippen LogP contribution in [-0.2, 0) is 11.3 Å². The van der Waals surface area contributed by atoms with Crippen LogP contribution in [0.3, 0.4) is 0 Å². The van der Waals surface area contributed by atoms with Crippen molar-refractivity contribution in [2.75, 3.05) is 46.2 Å². The van der Waals surface area contributed by atoms with Gasteiger partial charge in [0.15, 0.2) is 5.96 Å². The normalized spacial score (nSPS) is 21.9. The molecule has 2 aliphatic rings. The van der Waals surface area contributed by atoms with Crippen molar-refractivity contribution in [3.63, 3.8) is 0 Å². The molecule has 0 aromatic heterocycles. The number of nitrogens with zero attached hydrogens (tertiary/aromatic N) is 2. The van der Waals surface area contributed by atoms with E-state index in [1.54, 1.807) is 0 Å². The highest BCUT2D eigenvalue weighted by molar-refractivity contribution is 14.0. The molecule has 2 fully saturated rings. The predicted molar refractivity (Wildman–Crippen MR) is 147 cm³/mol. The summed E-state index contributed by atoms with van der Waals surface area (Å²) in [7, 11) is 2.19. The fraction of sp³-hybridized carbons (Fsp3) is 0.708. The van der Waals surface area contributed by atoms with Crippen LogP contribution < -0.4 is 15.4 Å². The monoisotopic (exact) mass is 576 g/mol. The quantitative estimate of drug-likeness (QED) is 0.248. The van der Waals surface area contributed by atoms with E-state index in [0.29, 0.717) is 25.2 Å². The van der Waals surface area contributed by atoms with Gasteiger partial charge in [-0.05, 0) is 70.0 Å². The lowest BCUT2D eigenvalue weighted by Crippen LogP contribution is -2.42. The smallest absolute Gasteiger partial charge is 0.191 e. The van der Waals surface area contributed by atoms with Crippen LogP contribution in [0.5, 0.6) is 5.75 Å². The summed E-state index contributed by atoms with van der Waals surface area (Å²) in [5.41, 5.74) is 1.17. The van der Waals surface area contributed by atoms with Crippen molar-refractivity contribution in [1.29, 1.82) is 0 Å². The van der Waals surface area contributed by atoms with E-state index in [2.05, 4.69) is 54.0 Å². The lowest BCUT2D eigenvalue weighted by Gasteiger charge is -2.31. The number of thioether (sulfide) groups is 1. The van der Waals surface area contributed by atoms with Crippen LogP contribution in [0.25, 0.3) is 0 Å². The molecule has 1 aliphatic carbocycles. The summed E-state index contributed by atoms with van der Waals surface area (Å²) in [6.45, 7) is 7.01. The minimum absolute atomic E-state index is 0. The Kier molecular flexibility index (Phi) is 13.1. The van der Waals surface area contributed by atoms with Crippen LogP contribution in [0.2, 0.25) is 0 Å². The molecule has 6 nitrogen and oxygen atoms in total. The number of likely N-dealkylation sites (N-methyl/N-ethyl adjacent to an activating group) is 1. The number of ether oxygens (including phenoxy) is 2. The van der Waals surface area contributed by atoms with Gasteiger partial charge in [-0.15, -0.1) is 24.0 Å². The van der Waals surface area contributed by atoms with E-state index in [9.17, 15) is 0 Å². The minimum Gasteiger partial charge on any atom is -0.492 e. The van der Waals surface area contributed by atoms with E-state index in [1.165, 1.54) is 24.8 Å². The molecule has 1 aromatic carbocycles.